The topological polar surface area (TPSA) is 75.4 Å². The Balaban J connectivity index is 1.68. The molecule has 2 saturated heterocycles. The van der Waals surface area contributed by atoms with Crippen molar-refractivity contribution in [3.8, 4) is 0 Å². The number of rotatable bonds is 3. The van der Waals surface area contributed by atoms with E-state index in [0.717, 1.165) is 13.1 Å². The van der Waals surface area contributed by atoms with Gasteiger partial charge in [0, 0.05) is 32.0 Å². The highest BCUT2D eigenvalue weighted by Crippen LogP contribution is 2.33. The molecule has 3 N–H and O–H groups in total. The lowest BCUT2D eigenvalue weighted by atomic mass is 9.89. The van der Waals surface area contributed by atoms with Crippen molar-refractivity contribution in [2.75, 3.05) is 26.2 Å². The lowest BCUT2D eigenvalue weighted by Crippen LogP contribution is -2.44. The molecule has 0 saturated carbocycles. The molecule has 0 radical (unpaired) electrons. The molecule has 0 bridgehead atoms. The Labute approximate surface area is 130 Å². The van der Waals surface area contributed by atoms with Gasteiger partial charge < -0.3 is 16.0 Å². The fourth-order valence-electron chi connectivity index (χ4n) is 3.57. The van der Waals surface area contributed by atoms with Crippen molar-refractivity contribution in [1.29, 1.82) is 0 Å². The molecule has 2 fully saturated rings. The molecule has 1 aromatic rings. The van der Waals surface area contributed by atoms with Crippen LogP contribution in [0, 0.1) is 11.8 Å². The largest absolute Gasteiger partial charge is 0.355 e. The smallest absolute Gasteiger partial charge is 0.227 e. The number of carbonyl (C=O) groups excluding carboxylic acids is 2. The van der Waals surface area contributed by atoms with E-state index in [0.29, 0.717) is 37.8 Å². The molecule has 2 amide bonds. The second-order valence-electron chi connectivity index (χ2n) is 6.30. The average Bonchev–Trinajstić information content (AvgIpc) is 3.00. The number of hydrogen-bond donors (Lipinski definition) is 2. The molecule has 2 aliphatic heterocycles. The molecular formula is C17H23N3O2. The molecule has 2 aliphatic rings. The molecule has 5 heteroatoms. The van der Waals surface area contributed by atoms with Gasteiger partial charge in [0.2, 0.25) is 11.8 Å². The van der Waals surface area contributed by atoms with Gasteiger partial charge in [-0.2, -0.15) is 0 Å². The summed E-state index contributed by atoms with van der Waals surface area (Å²) in [5, 5.41) is 2.79. The van der Waals surface area contributed by atoms with Gasteiger partial charge in [0.1, 0.15) is 0 Å². The van der Waals surface area contributed by atoms with Crippen LogP contribution in [0.1, 0.15) is 24.3 Å². The van der Waals surface area contributed by atoms with Crippen LogP contribution in [0.5, 0.6) is 0 Å². The summed E-state index contributed by atoms with van der Waals surface area (Å²) >= 11 is 0. The predicted octanol–water partition coefficient (Wildman–Crippen LogP) is 0.714. The van der Waals surface area contributed by atoms with Gasteiger partial charge in [-0.15, -0.1) is 0 Å². The molecule has 22 heavy (non-hydrogen) atoms. The quantitative estimate of drug-likeness (QED) is 0.863. The van der Waals surface area contributed by atoms with E-state index in [4.69, 9.17) is 5.73 Å². The molecule has 3 atom stereocenters. The Morgan fingerprint density at radius 2 is 2.05 bits per heavy atom. The number of nitrogens with zero attached hydrogens (tertiary/aromatic N) is 1. The molecule has 2 heterocycles. The summed E-state index contributed by atoms with van der Waals surface area (Å²) < 4.78 is 0. The Morgan fingerprint density at radius 3 is 2.68 bits per heavy atom. The average molecular weight is 301 g/mol. The van der Waals surface area contributed by atoms with Crippen LogP contribution < -0.4 is 11.1 Å². The molecule has 3 rings (SSSR count). The summed E-state index contributed by atoms with van der Waals surface area (Å²) in [6.45, 7) is 2.51. The van der Waals surface area contributed by atoms with Crippen molar-refractivity contribution < 1.29 is 9.59 Å². The normalized spacial score (nSPS) is 28.5. The zero-order valence-corrected chi connectivity index (χ0v) is 12.7. The lowest BCUT2D eigenvalue weighted by Gasteiger charge is -2.26. The van der Waals surface area contributed by atoms with Crippen molar-refractivity contribution in [2.24, 2.45) is 17.6 Å². The zero-order valence-electron chi connectivity index (χ0n) is 12.7. The Bertz CT molecular complexity index is 536. The monoisotopic (exact) mass is 301 g/mol. The third-order valence-electron chi connectivity index (χ3n) is 4.90. The van der Waals surface area contributed by atoms with Crippen LogP contribution in [0.15, 0.2) is 30.3 Å². The van der Waals surface area contributed by atoms with Crippen LogP contribution in [-0.2, 0) is 9.59 Å². The molecule has 1 unspecified atom stereocenters. The second kappa shape index (κ2) is 6.48. The minimum absolute atomic E-state index is 0.0486. The fraction of sp³-hybridized carbons (Fsp3) is 0.529. The minimum Gasteiger partial charge on any atom is -0.355 e. The van der Waals surface area contributed by atoms with Crippen LogP contribution >= 0.6 is 0 Å². The van der Waals surface area contributed by atoms with Crippen LogP contribution in [0.3, 0.4) is 0 Å². The van der Waals surface area contributed by atoms with E-state index < -0.39 is 0 Å². The predicted molar refractivity (Wildman–Crippen MR) is 84.0 cm³/mol. The van der Waals surface area contributed by atoms with E-state index >= 15 is 0 Å². The Hall–Kier alpha value is -1.88. The number of benzene rings is 1. The van der Waals surface area contributed by atoms with Gasteiger partial charge in [0.25, 0.3) is 0 Å². The maximum absolute atomic E-state index is 12.7. The number of carbonyl (C=O) groups is 2. The first kappa shape index (κ1) is 15.0. The second-order valence-corrected chi connectivity index (χ2v) is 6.30. The van der Waals surface area contributed by atoms with Gasteiger partial charge >= 0.3 is 0 Å². The lowest BCUT2D eigenvalue weighted by molar-refractivity contribution is -0.136. The van der Waals surface area contributed by atoms with E-state index in [-0.39, 0.29) is 17.7 Å². The van der Waals surface area contributed by atoms with Crippen LogP contribution in [0.4, 0.5) is 0 Å². The first-order valence-corrected chi connectivity index (χ1v) is 7.99. The summed E-state index contributed by atoms with van der Waals surface area (Å²) in [6, 6.07) is 10.3. The number of nitrogens with two attached hydrogens (primary N) is 1. The number of piperidine rings is 1. The summed E-state index contributed by atoms with van der Waals surface area (Å²) in [4.78, 5) is 25.9. The zero-order chi connectivity index (χ0) is 15.5. The highest BCUT2D eigenvalue weighted by atomic mass is 16.2. The van der Waals surface area contributed by atoms with Gasteiger partial charge in [-0.25, -0.2) is 0 Å². The molecule has 0 spiro atoms. The third kappa shape index (κ3) is 2.99. The molecular weight excluding hydrogens is 278 g/mol. The number of likely N-dealkylation sites (tertiary alicyclic amines) is 1. The highest BCUT2D eigenvalue weighted by molar-refractivity contribution is 5.84. The van der Waals surface area contributed by atoms with Crippen molar-refractivity contribution >= 4 is 11.8 Å². The van der Waals surface area contributed by atoms with Gasteiger partial charge in [-0.1, -0.05) is 30.3 Å². The molecule has 118 valence electrons. The first-order chi connectivity index (χ1) is 10.7. The van der Waals surface area contributed by atoms with Gasteiger partial charge in [-0.3, -0.25) is 9.59 Å². The molecule has 5 nitrogen and oxygen atoms in total. The van der Waals surface area contributed by atoms with E-state index in [1.54, 1.807) is 0 Å². The number of amides is 2. The highest BCUT2D eigenvalue weighted by Gasteiger charge is 2.38. The summed E-state index contributed by atoms with van der Waals surface area (Å²) in [6.07, 6.45) is 1.11. The first-order valence-electron chi connectivity index (χ1n) is 7.99. The van der Waals surface area contributed by atoms with E-state index in [2.05, 4.69) is 17.4 Å². The van der Waals surface area contributed by atoms with E-state index in [1.807, 2.05) is 23.1 Å². The summed E-state index contributed by atoms with van der Waals surface area (Å²) in [7, 11) is 0. The minimum atomic E-state index is -0.0781. The number of hydrogen-bond acceptors (Lipinski definition) is 3. The van der Waals surface area contributed by atoms with Crippen molar-refractivity contribution in [3.05, 3.63) is 35.9 Å². The van der Waals surface area contributed by atoms with Crippen molar-refractivity contribution in [1.82, 2.24) is 10.2 Å². The van der Waals surface area contributed by atoms with E-state index in [1.165, 1.54) is 5.56 Å². The Kier molecular flexibility index (Phi) is 4.43. The van der Waals surface area contributed by atoms with Crippen LogP contribution in [0.25, 0.3) is 0 Å². The fourth-order valence-corrected chi connectivity index (χ4v) is 3.57. The van der Waals surface area contributed by atoms with E-state index in [9.17, 15) is 9.59 Å². The Morgan fingerprint density at radius 1 is 1.27 bits per heavy atom. The summed E-state index contributed by atoms with van der Waals surface area (Å²) in [5.74, 6) is 0.757. The van der Waals surface area contributed by atoms with Crippen molar-refractivity contribution in [3.63, 3.8) is 0 Å². The summed E-state index contributed by atoms with van der Waals surface area (Å²) in [5.41, 5.74) is 7.18. The SMILES string of the molecule is NC[C@@H]1CN(C(=O)C2CCC(=O)NC2)C[C@H]1c1ccccc1. The molecule has 1 aromatic carbocycles. The van der Waals surface area contributed by atoms with Gasteiger partial charge in [-0.05, 0) is 24.4 Å². The maximum Gasteiger partial charge on any atom is 0.227 e. The van der Waals surface area contributed by atoms with Gasteiger partial charge in [0.05, 0.1) is 5.92 Å². The molecule has 0 aliphatic carbocycles. The van der Waals surface area contributed by atoms with Crippen LogP contribution in [-0.4, -0.2) is 42.9 Å². The van der Waals surface area contributed by atoms with Gasteiger partial charge in [0.15, 0.2) is 0 Å². The molecule has 0 aromatic heterocycles. The number of nitrogens with one attached hydrogen (secondary N) is 1. The van der Waals surface area contributed by atoms with Crippen molar-refractivity contribution in [2.45, 2.75) is 18.8 Å². The standard InChI is InChI=1S/C17H23N3O2/c18-8-14-10-20(11-15(14)12-4-2-1-3-5-12)17(22)13-6-7-16(21)19-9-13/h1-5,13-15H,6-11,18H2,(H,19,21)/t13?,14-,15+/m1/s1. The maximum atomic E-state index is 12.7. The third-order valence-corrected chi connectivity index (χ3v) is 4.90. The van der Waals surface area contributed by atoms with Crippen LogP contribution in [0.2, 0.25) is 0 Å².